The summed E-state index contributed by atoms with van der Waals surface area (Å²) in [6.07, 6.45) is 44.3. The van der Waals surface area contributed by atoms with Crippen LogP contribution in [0.4, 0.5) is 0 Å². The molecule has 0 aliphatic carbocycles. The standard InChI is InChI=1S/C37H72N2/c1-5-8-11-13-15-17-19-20-21-23-25-27-29-32-36(31-28-26-24-22-18-16-14-12-9-6-2)37-38-33-34-39(37)35(4)30-10-7-3/h33-36H,5-32H2,1-4H3/p+1. The Morgan fingerprint density at radius 1 is 0.487 bits per heavy atom. The fourth-order valence-corrected chi connectivity index (χ4v) is 6.41. The molecule has 0 aliphatic rings. The van der Waals surface area contributed by atoms with Gasteiger partial charge in [0.25, 0.3) is 5.82 Å². The highest BCUT2D eigenvalue weighted by molar-refractivity contribution is 4.90. The number of unbranched alkanes of at least 4 members (excludes halogenated alkanes) is 22. The van der Waals surface area contributed by atoms with Crippen LogP contribution in [-0.4, -0.2) is 4.98 Å². The van der Waals surface area contributed by atoms with Gasteiger partial charge in [0, 0.05) is 0 Å². The summed E-state index contributed by atoms with van der Waals surface area (Å²) < 4.78 is 2.60. The van der Waals surface area contributed by atoms with Crippen LogP contribution in [0.1, 0.15) is 225 Å². The summed E-state index contributed by atoms with van der Waals surface area (Å²) in [6, 6.07) is 0.619. The topological polar surface area (TPSA) is 19.7 Å². The van der Waals surface area contributed by atoms with E-state index in [1.54, 1.807) is 0 Å². The SMILES string of the molecule is CCCCCCCCCCCCCCCC(CCCCCCCCCCCC)c1[nH]cc[n+]1C(C)CCCC. The van der Waals surface area contributed by atoms with Gasteiger partial charge in [0.05, 0.1) is 12.0 Å². The smallest absolute Gasteiger partial charge is 0.247 e. The first-order valence-corrected chi connectivity index (χ1v) is 18.3. The van der Waals surface area contributed by atoms with Crippen LogP contribution in [0.15, 0.2) is 12.4 Å². The Morgan fingerprint density at radius 3 is 1.23 bits per heavy atom. The number of hydrogen-bond donors (Lipinski definition) is 1. The van der Waals surface area contributed by atoms with Crippen LogP contribution in [0.5, 0.6) is 0 Å². The van der Waals surface area contributed by atoms with Gasteiger partial charge in [-0.05, 0) is 32.6 Å². The summed E-state index contributed by atoms with van der Waals surface area (Å²) in [5.74, 6) is 2.24. The molecule has 0 bridgehead atoms. The molecule has 1 aromatic rings. The molecule has 2 atom stereocenters. The second kappa shape index (κ2) is 27.4. The third kappa shape index (κ3) is 19.8. The van der Waals surface area contributed by atoms with Crippen molar-refractivity contribution in [2.24, 2.45) is 0 Å². The Hall–Kier alpha value is -0.790. The molecule has 2 nitrogen and oxygen atoms in total. The van der Waals surface area contributed by atoms with Crippen LogP contribution in [0.3, 0.4) is 0 Å². The zero-order valence-corrected chi connectivity index (χ0v) is 27.6. The van der Waals surface area contributed by atoms with E-state index in [1.165, 1.54) is 186 Å². The average Bonchev–Trinajstić information content (AvgIpc) is 3.44. The number of aromatic nitrogens is 2. The fraction of sp³-hybridized carbons (Fsp3) is 0.919. The highest BCUT2D eigenvalue weighted by Crippen LogP contribution is 2.27. The van der Waals surface area contributed by atoms with Crippen molar-refractivity contribution >= 4 is 0 Å². The lowest BCUT2D eigenvalue weighted by Gasteiger charge is -2.17. The monoisotopic (exact) mass is 546 g/mol. The fourth-order valence-electron chi connectivity index (χ4n) is 6.41. The van der Waals surface area contributed by atoms with Crippen molar-refractivity contribution < 1.29 is 4.57 Å². The second-order valence-electron chi connectivity index (χ2n) is 12.9. The summed E-state index contributed by atoms with van der Waals surface area (Å²) in [7, 11) is 0. The molecule has 0 aliphatic heterocycles. The Balaban J connectivity index is 2.32. The number of aromatic amines is 1. The van der Waals surface area contributed by atoms with Crippen LogP contribution in [0, 0.1) is 0 Å². The maximum atomic E-state index is 3.71. The molecule has 2 unspecified atom stereocenters. The number of hydrogen-bond acceptors (Lipinski definition) is 0. The molecular weight excluding hydrogens is 472 g/mol. The van der Waals surface area contributed by atoms with Crippen LogP contribution in [0.2, 0.25) is 0 Å². The van der Waals surface area contributed by atoms with Crippen molar-refractivity contribution in [3.63, 3.8) is 0 Å². The Labute approximate surface area is 246 Å². The zero-order valence-electron chi connectivity index (χ0n) is 27.6. The van der Waals surface area contributed by atoms with Crippen molar-refractivity contribution in [3.8, 4) is 0 Å². The Kier molecular flexibility index (Phi) is 25.4. The van der Waals surface area contributed by atoms with Crippen molar-refractivity contribution in [2.75, 3.05) is 0 Å². The molecule has 1 heterocycles. The molecule has 1 aromatic heterocycles. The summed E-state index contributed by atoms with van der Waals surface area (Å²) >= 11 is 0. The van der Waals surface area contributed by atoms with Crippen LogP contribution in [0.25, 0.3) is 0 Å². The van der Waals surface area contributed by atoms with Gasteiger partial charge in [-0.3, -0.25) is 0 Å². The molecular formula is C37H73N2+. The first kappa shape index (κ1) is 36.2. The van der Waals surface area contributed by atoms with E-state index >= 15 is 0 Å². The molecule has 0 fully saturated rings. The van der Waals surface area contributed by atoms with Crippen LogP contribution >= 0.6 is 0 Å². The Bertz CT molecular complexity index is 606. The molecule has 2 heteroatoms. The lowest BCUT2D eigenvalue weighted by Crippen LogP contribution is -2.41. The summed E-state index contributed by atoms with van der Waals surface area (Å²) in [5.41, 5.74) is 0. The van der Waals surface area contributed by atoms with Gasteiger partial charge in [-0.1, -0.05) is 175 Å². The van der Waals surface area contributed by atoms with Gasteiger partial charge in [0.15, 0.2) is 0 Å². The van der Waals surface area contributed by atoms with Crippen LogP contribution in [-0.2, 0) is 0 Å². The summed E-state index contributed by atoms with van der Waals surface area (Å²) in [4.78, 5) is 3.71. The molecule has 0 radical (unpaired) electrons. The van der Waals surface area contributed by atoms with E-state index in [-0.39, 0.29) is 0 Å². The first-order chi connectivity index (χ1) is 19.2. The highest BCUT2D eigenvalue weighted by atomic mass is 15.1. The van der Waals surface area contributed by atoms with Crippen molar-refractivity contribution in [1.29, 1.82) is 0 Å². The number of nitrogens with zero attached hydrogens (tertiary/aromatic N) is 1. The number of H-pyrrole nitrogens is 1. The van der Waals surface area contributed by atoms with Gasteiger partial charge in [-0.2, -0.15) is 0 Å². The molecule has 0 amide bonds. The number of imidazole rings is 1. The molecule has 0 spiro atoms. The van der Waals surface area contributed by atoms with Crippen molar-refractivity contribution in [2.45, 2.75) is 219 Å². The van der Waals surface area contributed by atoms with E-state index in [1.807, 2.05) is 0 Å². The van der Waals surface area contributed by atoms with E-state index in [9.17, 15) is 0 Å². The van der Waals surface area contributed by atoms with Gasteiger partial charge < -0.3 is 0 Å². The van der Waals surface area contributed by atoms with Crippen molar-refractivity contribution in [3.05, 3.63) is 18.2 Å². The number of nitrogens with one attached hydrogen (secondary N) is 1. The van der Waals surface area contributed by atoms with E-state index in [0.29, 0.717) is 12.0 Å². The quantitative estimate of drug-likeness (QED) is 0.0732. The lowest BCUT2D eigenvalue weighted by atomic mass is 9.92. The van der Waals surface area contributed by atoms with E-state index in [2.05, 4.69) is 49.6 Å². The zero-order chi connectivity index (χ0) is 28.2. The van der Waals surface area contributed by atoms with Gasteiger partial charge in [0.1, 0.15) is 12.4 Å². The molecule has 0 saturated heterocycles. The van der Waals surface area contributed by atoms with E-state index in [0.717, 1.165) is 0 Å². The lowest BCUT2D eigenvalue weighted by molar-refractivity contribution is -0.727. The molecule has 1 N–H and O–H groups in total. The third-order valence-electron chi connectivity index (χ3n) is 9.14. The molecule has 1 rings (SSSR count). The summed E-state index contributed by atoms with van der Waals surface area (Å²) in [6.45, 7) is 9.37. The van der Waals surface area contributed by atoms with Crippen molar-refractivity contribution in [1.82, 2.24) is 4.98 Å². The maximum Gasteiger partial charge on any atom is 0.257 e. The predicted octanol–water partition coefficient (Wildman–Crippen LogP) is 12.9. The normalized spacial score (nSPS) is 13.2. The van der Waals surface area contributed by atoms with E-state index in [4.69, 9.17) is 0 Å². The molecule has 0 aromatic carbocycles. The largest absolute Gasteiger partial charge is 0.257 e. The van der Waals surface area contributed by atoms with Crippen LogP contribution < -0.4 is 4.57 Å². The van der Waals surface area contributed by atoms with Gasteiger partial charge in [0.2, 0.25) is 0 Å². The van der Waals surface area contributed by atoms with Gasteiger partial charge in [-0.25, -0.2) is 9.55 Å². The third-order valence-corrected chi connectivity index (χ3v) is 9.14. The number of rotatable bonds is 30. The first-order valence-electron chi connectivity index (χ1n) is 18.3. The molecule has 39 heavy (non-hydrogen) atoms. The Morgan fingerprint density at radius 2 is 0.846 bits per heavy atom. The molecule has 230 valence electrons. The predicted molar refractivity (Wildman–Crippen MR) is 175 cm³/mol. The van der Waals surface area contributed by atoms with Gasteiger partial charge in [-0.15, -0.1) is 0 Å². The van der Waals surface area contributed by atoms with Gasteiger partial charge >= 0.3 is 0 Å². The average molecular weight is 546 g/mol. The minimum atomic E-state index is 0.619. The minimum Gasteiger partial charge on any atom is -0.247 e. The van der Waals surface area contributed by atoms with E-state index < -0.39 is 0 Å². The minimum absolute atomic E-state index is 0.619. The highest BCUT2D eigenvalue weighted by Gasteiger charge is 2.25. The molecule has 0 saturated carbocycles. The second-order valence-corrected chi connectivity index (χ2v) is 12.9. The maximum absolute atomic E-state index is 3.71. The summed E-state index contributed by atoms with van der Waals surface area (Å²) in [5, 5.41) is 0.